The monoisotopic (exact) mass is 409 g/mol. The molecule has 2 aliphatic heterocycles. The van der Waals surface area contributed by atoms with Gasteiger partial charge in [-0.1, -0.05) is 24.6 Å². The van der Waals surface area contributed by atoms with Crippen LogP contribution in [0.4, 0.5) is 5.69 Å². The SMILES string of the molecule is CCNC(=NCCCc1nnc2n1CCCCC2)NC1CCN(c2ccccc2)C1. The second kappa shape index (κ2) is 10.5. The summed E-state index contributed by atoms with van der Waals surface area (Å²) in [5.74, 6) is 3.23. The first kappa shape index (κ1) is 20.7. The molecule has 1 aromatic carbocycles. The van der Waals surface area contributed by atoms with E-state index >= 15 is 0 Å². The number of para-hydroxylation sites is 1. The number of hydrogen-bond donors (Lipinski definition) is 2. The molecule has 0 spiro atoms. The molecule has 1 aromatic heterocycles. The lowest BCUT2D eigenvalue weighted by Crippen LogP contribution is -2.44. The average molecular weight is 410 g/mol. The molecule has 1 unspecified atom stereocenters. The second-order valence-corrected chi connectivity index (χ2v) is 8.27. The van der Waals surface area contributed by atoms with Gasteiger partial charge < -0.3 is 20.1 Å². The van der Waals surface area contributed by atoms with Crippen LogP contribution in [0.25, 0.3) is 0 Å². The van der Waals surface area contributed by atoms with Gasteiger partial charge in [-0.15, -0.1) is 10.2 Å². The molecule has 1 saturated heterocycles. The maximum absolute atomic E-state index is 4.82. The normalized spacial score (nSPS) is 19.4. The van der Waals surface area contributed by atoms with Crippen LogP contribution in [-0.2, 0) is 19.4 Å². The molecule has 0 bridgehead atoms. The Hall–Kier alpha value is -2.57. The summed E-state index contributed by atoms with van der Waals surface area (Å²) in [7, 11) is 0. The lowest BCUT2D eigenvalue weighted by atomic mass is 10.2. The number of nitrogens with zero attached hydrogens (tertiary/aromatic N) is 5. The van der Waals surface area contributed by atoms with Crippen LogP contribution in [0, 0.1) is 0 Å². The third kappa shape index (κ3) is 5.32. The van der Waals surface area contributed by atoms with Gasteiger partial charge in [0, 0.05) is 57.3 Å². The van der Waals surface area contributed by atoms with Gasteiger partial charge in [-0.3, -0.25) is 4.99 Å². The number of aromatic nitrogens is 3. The van der Waals surface area contributed by atoms with Gasteiger partial charge in [0.25, 0.3) is 0 Å². The predicted octanol–water partition coefficient (Wildman–Crippen LogP) is 2.77. The fourth-order valence-corrected chi connectivity index (χ4v) is 4.42. The number of fused-ring (bicyclic) bond motifs is 1. The fraction of sp³-hybridized carbons (Fsp3) is 0.609. The van der Waals surface area contributed by atoms with Crippen molar-refractivity contribution in [2.75, 3.05) is 31.1 Å². The summed E-state index contributed by atoms with van der Waals surface area (Å²) in [6, 6.07) is 11.1. The highest BCUT2D eigenvalue weighted by molar-refractivity contribution is 5.80. The zero-order chi connectivity index (χ0) is 20.6. The molecule has 2 aromatic rings. The van der Waals surface area contributed by atoms with E-state index in [0.717, 1.165) is 70.2 Å². The molecule has 1 fully saturated rings. The minimum Gasteiger partial charge on any atom is -0.369 e. The average Bonchev–Trinajstić information content (AvgIpc) is 3.32. The van der Waals surface area contributed by atoms with Crippen molar-refractivity contribution in [2.45, 2.75) is 64.5 Å². The Kier molecular flexibility index (Phi) is 7.21. The summed E-state index contributed by atoms with van der Waals surface area (Å²) in [6.45, 7) is 6.96. The number of aliphatic imine (C=N–C) groups is 1. The van der Waals surface area contributed by atoms with Gasteiger partial charge in [-0.2, -0.15) is 0 Å². The minimum atomic E-state index is 0.426. The number of hydrogen-bond acceptors (Lipinski definition) is 4. The van der Waals surface area contributed by atoms with E-state index in [-0.39, 0.29) is 0 Å². The zero-order valence-electron chi connectivity index (χ0n) is 18.2. The summed E-state index contributed by atoms with van der Waals surface area (Å²) < 4.78 is 2.34. The molecule has 2 N–H and O–H groups in total. The Labute approximate surface area is 180 Å². The van der Waals surface area contributed by atoms with E-state index in [1.54, 1.807) is 0 Å². The van der Waals surface area contributed by atoms with Gasteiger partial charge in [0.15, 0.2) is 5.96 Å². The van der Waals surface area contributed by atoms with E-state index in [2.05, 4.69) is 67.6 Å². The summed E-state index contributed by atoms with van der Waals surface area (Å²) >= 11 is 0. The summed E-state index contributed by atoms with van der Waals surface area (Å²) in [4.78, 5) is 7.27. The molecule has 0 amide bonds. The van der Waals surface area contributed by atoms with Crippen LogP contribution in [-0.4, -0.2) is 52.9 Å². The van der Waals surface area contributed by atoms with Crippen molar-refractivity contribution in [3.8, 4) is 0 Å². The molecule has 3 heterocycles. The Balaban J connectivity index is 1.27. The third-order valence-electron chi connectivity index (χ3n) is 6.01. The van der Waals surface area contributed by atoms with Gasteiger partial charge in [0.2, 0.25) is 0 Å². The Bertz CT molecular complexity index is 814. The van der Waals surface area contributed by atoms with Crippen molar-refractivity contribution < 1.29 is 0 Å². The van der Waals surface area contributed by atoms with E-state index in [4.69, 9.17) is 4.99 Å². The molecule has 162 valence electrons. The number of anilines is 1. The highest BCUT2D eigenvalue weighted by Crippen LogP contribution is 2.19. The maximum atomic E-state index is 4.82. The predicted molar refractivity (Wildman–Crippen MR) is 122 cm³/mol. The zero-order valence-corrected chi connectivity index (χ0v) is 18.2. The van der Waals surface area contributed by atoms with Gasteiger partial charge in [0.1, 0.15) is 11.6 Å². The highest BCUT2D eigenvalue weighted by atomic mass is 15.3. The van der Waals surface area contributed by atoms with Crippen LogP contribution >= 0.6 is 0 Å². The van der Waals surface area contributed by atoms with E-state index < -0.39 is 0 Å². The van der Waals surface area contributed by atoms with Gasteiger partial charge in [0.05, 0.1) is 0 Å². The van der Waals surface area contributed by atoms with Crippen molar-refractivity contribution in [1.29, 1.82) is 0 Å². The van der Waals surface area contributed by atoms with Crippen LogP contribution in [0.2, 0.25) is 0 Å². The molecule has 30 heavy (non-hydrogen) atoms. The third-order valence-corrected chi connectivity index (χ3v) is 6.01. The van der Waals surface area contributed by atoms with Crippen LogP contribution in [0.1, 0.15) is 50.7 Å². The lowest BCUT2D eigenvalue weighted by Gasteiger charge is -2.20. The number of rotatable bonds is 7. The Morgan fingerprint density at radius 3 is 2.90 bits per heavy atom. The summed E-state index contributed by atoms with van der Waals surface area (Å²) in [5.41, 5.74) is 1.30. The fourth-order valence-electron chi connectivity index (χ4n) is 4.42. The van der Waals surface area contributed by atoms with E-state index in [9.17, 15) is 0 Å². The summed E-state index contributed by atoms with van der Waals surface area (Å²) in [6.07, 6.45) is 7.92. The van der Waals surface area contributed by atoms with Crippen LogP contribution in [0.5, 0.6) is 0 Å². The molecule has 7 nitrogen and oxygen atoms in total. The van der Waals surface area contributed by atoms with E-state index in [0.29, 0.717) is 6.04 Å². The molecule has 4 rings (SSSR count). The first-order chi connectivity index (χ1) is 14.8. The molecule has 7 heteroatoms. The van der Waals surface area contributed by atoms with Gasteiger partial charge in [-0.25, -0.2) is 0 Å². The van der Waals surface area contributed by atoms with E-state index in [1.807, 2.05) is 0 Å². The Morgan fingerprint density at radius 1 is 1.13 bits per heavy atom. The van der Waals surface area contributed by atoms with Gasteiger partial charge in [-0.05, 0) is 44.7 Å². The van der Waals surface area contributed by atoms with Crippen molar-refractivity contribution in [3.63, 3.8) is 0 Å². The van der Waals surface area contributed by atoms with Crippen molar-refractivity contribution >= 4 is 11.6 Å². The van der Waals surface area contributed by atoms with E-state index in [1.165, 1.54) is 30.8 Å². The standard InChI is InChI=1S/C23H35N7/c1-2-24-23(26-19-14-17-29(18-19)20-10-5-3-6-11-20)25-15-9-13-22-28-27-21-12-7-4-8-16-30(21)22/h3,5-6,10-11,19H,2,4,7-9,12-18H2,1H3,(H2,24,25,26). The topological polar surface area (TPSA) is 70.4 Å². The largest absolute Gasteiger partial charge is 0.369 e. The summed E-state index contributed by atoms with van der Waals surface area (Å²) in [5, 5.41) is 15.9. The lowest BCUT2D eigenvalue weighted by molar-refractivity contribution is 0.596. The first-order valence-electron chi connectivity index (χ1n) is 11.6. The van der Waals surface area contributed by atoms with Crippen LogP contribution in [0.15, 0.2) is 35.3 Å². The van der Waals surface area contributed by atoms with Crippen molar-refractivity contribution in [1.82, 2.24) is 25.4 Å². The van der Waals surface area contributed by atoms with Crippen molar-refractivity contribution in [3.05, 3.63) is 42.0 Å². The number of aryl methyl sites for hydroxylation is 2. The number of benzene rings is 1. The Morgan fingerprint density at radius 2 is 2.03 bits per heavy atom. The second-order valence-electron chi connectivity index (χ2n) is 8.27. The molecular weight excluding hydrogens is 374 g/mol. The molecular formula is C23H35N7. The molecule has 0 aliphatic carbocycles. The number of nitrogens with one attached hydrogen (secondary N) is 2. The molecule has 1 atom stereocenters. The minimum absolute atomic E-state index is 0.426. The van der Waals surface area contributed by atoms with Crippen LogP contribution < -0.4 is 15.5 Å². The molecule has 2 aliphatic rings. The quantitative estimate of drug-likeness (QED) is 0.418. The smallest absolute Gasteiger partial charge is 0.191 e. The maximum Gasteiger partial charge on any atom is 0.191 e. The van der Waals surface area contributed by atoms with Gasteiger partial charge >= 0.3 is 0 Å². The van der Waals surface area contributed by atoms with Crippen molar-refractivity contribution in [2.24, 2.45) is 4.99 Å². The highest BCUT2D eigenvalue weighted by Gasteiger charge is 2.23. The van der Waals surface area contributed by atoms with Crippen LogP contribution in [0.3, 0.4) is 0 Å². The molecule has 0 radical (unpaired) electrons. The first-order valence-corrected chi connectivity index (χ1v) is 11.6. The number of guanidine groups is 1. The molecule has 0 saturated carbocycles.